The van der Waals surface area contributed by atoms with E-state index >= 15 is 0 Å². The van der Waals surface area contributed by atoms with E-state index in [1.165, 1.54) is 190 Å². The molecule has 2 N–H and O–H groups in total. The van der Waals surface area contributed by atoms with E-state index < -0.39 is 5.60 Å². The van der Waals surface area contributed by atoms with Gasteiger partial charge in [-0.3, -0.25) is 9.59 Å². The zero-order valence-electron chi connectivity index (χ0n) is 62.3. The SMILES string of the molecule is C=CC(C)(O)CCC=C(C)CCCC(C)CCC=C(C)C.CC(=O)C=C(C)CCC=C(C)CCCC(C)CCC=C(C)C.CC(=O)C=CC=C(C)CCC=C(C)CCCC(C)CCC=C(C)C.CC(C)=CCCC(C)CCCC(C)=CCCC(C)=CCO. The lowest BCUT2D eigenvalue weighted by Gasteiger charge is -2.17. The first-order valence-corrected chi connectivity index (χ1v) is 35.1. The lowest BCUT2D eigenvalue weighted by atomic mass is 9.95. The molecular formula is C84H146O4. The first-order chi connectivity index (χ1) is 41.3. The molecule has 0 radical (unpaired) electrons. The summed E-state index contributed by atoms with van der Waals surface area (Å²) in [6.45, 7) is 50.9. The topological polar surface area (TPSA) is 74.6 Å². The van der Waals surface area contributed by atoms with Gasteiger partial charge in [0.1, 0.15) is 0 Å². The van der Waals surface area contributed by atoms with Crippen LogP contribution in [0.15, 0.2) is 153 Å². The summed E-state index contributed by atoms with van der Waals surface area (Å²) < 4.78 is 0. The van der Waals surface area contributed by atoms with E-state index in [2.05, 4.69) is 180 Å². The maximum absolute atomic E-state index is 11.0. The van der Waals surface area contributed by atoms with Gasteiger partial charge in [-0.2, -0.15) is 0 Å². The minimum Gasteiger partial charge on any atom is -0.392 e. The molecule has 0 aliphatic rings. The summed E-state index contributed by atoms with van der Waals surface area (Å²) in [5.41, 5.74) is 14.8. The summed E-state index contributed by atoms with van der Waals surface area (Å²) in [4.78, 5) is 21.8. The zero-order chi connectivity index (χ0) is 67.7. The predicted molar refractivity (Wildman–Crippen MR) is 398 cm³/mol. The number of rotatable bonds is 45. The molecule has 0 aromatic carbocycles. The Morgan fingerprint density at radius 3 is 0.955 bits per heavy atom. The van der Waals surface area contributed by atoms with E-state index in [4.69, 9.17) is 5.11 Å². The zero-order valence-corrected chi connectivity index (χ0v) is 62.3. The van der Waals surface area contributed by atoms with Crippen LogP contribution in [0, 0.1) is 23.7 Å². The average Bonchev–Trinajstić information content (AvgIpc) is 3.41. The summed E-state index contributed by atoms with van der Waals surface area (Å²) >= 11 is 0. The molecule has 0 saturated heterocycles. The Balaban J connectivity index is -0.000000535. The standard InChI is InChI=1S/C23H38O.C21H36O.2C20H36O/c1-19(2)11-7-12-20(3)13-8-14-21(4)15-9-16-22(5)17-10-18-23(6)24;1-17(2)10-7-11-18(3)12-8-13-19(4)14-9-15-20(5)16-21(6)22;1-17(2)9-6-10-18(3)11-7-12-19(4)13-8-14-20(5)15-16-21;1-7-20(6,21)16-10-15-19(5)14-9-13-18(4)12-8-11-17(2)3/h10-11,15,17-18,20H,7-9,12-14,16H2,1-6H3;10,14,16,18H,7-9,11-13,15H2,1-6H3;9,13,15,18,21H,6-8,10-12,14,16H2,1-5H3;7,11,15,18,21H,1,8-10,12-14,16H2,2-6H3. The van der Waals surface area contributed by atoms with Crippen LogP contribution in [0.4, 0.5) is 0 Å². The molecule has 0 aromatic rings. The first kappa shape index (κ1) is 90.3. The Morgan fingerprint density at radius 1 is 0.375 bits per heavy atom. The van der Waals surface area contributed by atoms with Crippen molar-refractivity contribution in [1.29, 1.82) is 0 Å². The van der Waals surface area contributed by atoms with Crippen LogP contribution >= 0.6 is 0 Å². The van der Waals surface area contributed by atoms with Crippen LogP contribution in [0.3, 0.4) is 0 Å². The smallest absolute Gasteiger partial charge is 0.152 e. The summed E-state index contributed by atoms with van der Waals surface area (Å²) in [5.74, 6) is 3.55. The molecule has 5 unspecified atom stereocenters. The number of aliphatic hydroxyl groups excluding tert-OH is 1. The predicted octanol–water partition coefficient (Wildman–Crippen LogP) is 26.6. The Morgan fingerprint density at radius 2 is 0.670 bits per heavy atom. The van der Waals surface area contributed by atoms with Crippen LogP contribution < -0.4 is 0 Å². The van der Waals surface area contributed by atoms with Crippen molar-refractivity contribution in [3.63, 3.8) is 0 Å². The van der Waals surface area contributed by atoms with Crippen LogP contribution in [-0.4, -0.2) is 34.0 Å². The highest BCUT2D eigenvalue weighted by molar-refractivity contribution is 5.88. The maximum atomic E-state index is 11.0. The van der Waals surface area contributed by atoms with Gasteiger partial charge < -0.3 is 10.2 Å². The third-order valence-corrected chi connectivity index (χ3v) is 16.2. The van der Waals surface area contributed by atoms with Crippen LogP contribution in [-0.2, 0) is 9.59 Å². The monoisotopic (exact) mass is 1220 g/mol. The first-order valence-electron chi connectivity index (χ1n) is 35.1. The van der Waals surface area contributed by atoms with Crippen molar-refractivity contribution in [3.8, 4) is 0 Å². The fourth-order valence-electron chi connectivity index (χ4n) is 9.99. The molecule has 0 amide bonds. The molecule has 0 aromatic heterocycles. The van der Waals surface area contributed by atoms with Gasteiger partial charge in [0.2, 0.25) is 0 Å². The van der Waals surface area contributed by atoms with Gasteiger partial charge >= 0.3 is 0 Å². The second-order valence-corrected chi connectivity index (χ2v) is 28.2. The molecule has 0 saturated carbocycles. The van der Waals surface area contributed by atoms with Gasteiger partial charge in [-0.15, -0.1) is 6.58 Å². The van der Waals surface area contributed by atoms with Crippen molar-refractivity contribution < 1.29 is 19.8 Å². The minimum atomic E-state index is -0.726. The van der Waals surface area contributed by atoms with Crippen LogP contribution in [0.5, 0.6) is 0 Å². The molecule has 5 atom stereocenters. The lowest BCUT2D eigenvalue weighted by molar-refractivity contribution is -0.113. The summed E-state index contributed by atoms with van der Waals surface area (Å²) in [5, 5.41) is 18.7. The van der Waals surface area contributed by atoms with Gasteiger partial charge in [0.25, 0.3) is 0 Å². The number of allylic oxidation sites excluding steroid dienone is 23. The fraction of sp³-hybridized carbons (Fsp3) is 0.667. The van der Waals surface area contributed by atoms with Gasteiger partial charge in [0.15, 0.2) is 11.6 Å². The average molecular weight is 1220 g/mol. The molecule has 88 heavy (non-hydrogen) atoms. The highest BCUT2D eigenvalue weighted by Crippen LogP contribution is 2.23. The molecule has 506 valence electrons. The molecule has 0 aliphatic heterocycles. The van der Waals surface area contributed by atoms with Crippen molar-refractivity contribution in [2.75, 3.05) is 6.61 Å². The van der Waals surface area contributed by atoms with Crippen molar-refractivity contribution in [2.24, 2.45) is 23.7 Å². The Labute approximate surface area is 549 Å². The largest absolute Gasteiger partial charge is 0.392 e. The Hall–Kier alpha value is -4.12. The van der Waals surface area contributed by atoms with Crippen LogP contribution in [0.2, 0.25) is 0 Å². The molecule has 0 spiro atoms. The molecule has 0 fully saturated rings. The summed E-state index contributed by atoms with van der Waals surface area (Å²) in [6.07, 6.45) is 63.1. The maximum Gasteiger partial charge on any atom is 0.152 e. The number of ketones is 2. The number of carbonyl (C=O) groups excluding carboxylic acids is 2. The molecule has 0 rings (SSSR count). The number of carbonyl (C=O) groups is 2. The second-order valence-electron chi connectivity index (χ2n) is 28.2. The number of hydrogen-bond donors (Lipinski definition) is 2. The molecule has 4 nitrogen and oxygen atoms in total. The van der Waals surface area contributed by atoms with E-state index in [9.17, 15) is 14.7 Å². The normalized spacial score (nSPS) is 14.6. The van der Waals surface area contributed by atoms with E-state index in [1.807, 2.05) is 32.1 Å². The van der Waals surface area contributed by atoms with Crippen molar-refractivity contribution in [2.45, 2.75) is 338 Å². The van der Waals surface area contributed by atoms with Gasteiger partial charge in [-0.25, -0.2) is 0 Å². The second kappa shape index (κ2) is 60.4. The molecule has 0 heterocycles. The lowest BCUT2D eigenvalue weighted by Crippen LogP contribution is -2.19. The van der Waals surface area contributed by atoms with E-state index in [1.54, 1.807) is 32.1 Å². The minimum absolute atomic E-state index is 0.102. The summed E-state index contributed by atoms with van der Waals surface area (Å²) in [7, 11) is 0. The van der Waals surface area contributed by atoms with Crippen LogP contribution in [0.1, 0.15) is 332 Å². The Kier molecular flexibility index (Phi) is 62.0. The molecular weight excluding hydrogens is 1070 g/mol. The Bertz CT molecular complexity index is 2180. The molecule has 0 bridgehead atoms. The highest BCUT2D eigenvalue weighted by atomic mass is 16.3. The number of hydrogen-bond acceptors (Lipinski definition) is 4. The van der Waals surface area contributed by atoms with Gasteiger partial charge in [0.05, 0.1) is 12.2 Å². The van der Waals surface area contributed by atoms with Gasteiger partial charge in [0, 0.05) is 0 Å². The molecule has 0 aliphatic carbocycles. The van der Waals surface area contributed by atoms with Gasteiger partial charge in [-0.05, 0) is 315 Å². The third kappa shape index (κ3) is 74.3. The quantitative estimate of drug-likeness (QED) is 0.0362. The molecule has 4 heteroatoms. The van der Waals surface area contributed by atoms with Crippen LogP contribution in [0.25, 0.3) is 0 Å². The number of aliphatic hydroxyl groups is 2. The van der Waals surface area contributed by atoms with Crippen molar-refractivity contribution in [1.82, 2.24) is 0 Å². The fourth-order valence-corrected chi connectivity index (χ4v) is 9.99. The van der Waals surface area contributed by atoms with E-state index in [0.29, 0.717) is 0 Å². The van der Waals surface area contributed by atoms with E-state index in [-0.39, 0.29) is 18.2 Å². The van der Waals surface area contributed by atoms with Crippen molar-refractivity contribution >= 4 is 11.6 Å². The van der Waals surface area contributed by atoms with Crippen molar-refractivity contribution in [3.05, 3.63) is 153 Å². The van der Waals surface area contributed by atoms with E-state index in [0.717, 1.165) is 75.0 Å². The third-order valence-electron chi connectivity index (χ3n) is 16.2. The summed E-state index contributed by atoms with van der Waals surface area (Å²) in [6, 6.07) is 0. The van der Waals surface area contributed by atoms with Gasteiger partial charge in [-0.1, -0.05) is 188 Å². The highest BCUT2D eigenvalue weighted by Gasteiger charge is 2.13.